The predicted molar refractivity (Wildman–Crippen MR) is 77.2 cm³/mol. The van der Waals surface area contributed by atoms with Crippen LogP contribution in [0.15, 0.2) is 0 Å². The Kier molecular flexibility index (Phi) is 3.57. The van der Waals surface area contributed by atoms with Crippen LogP contribution in [0.3, 0.4) is 0 Å². The Bertz CT molecular complexity index is 481. The van der Waals surface area contributed by atoms with Gasteiger partial charge in [-0.15, -0.1) is 0 Å². The molecule has 114 valence electrons. The van der Waals surface area contributed by atoms with E-state index >= 15 is 0 Å². The summed E-state index contributed by atoms with van der Waals surface area (Å²) in [6.45, 7) is 1.23. The number of fused-ring (bicyclic) bond motifs is 2. The fraction of sp³-hybridized carbons (Fsp3) is 0.929. The lowest BCUT2D eigenvalue weighted by Gasteiger charge is -2.43. The second-order valence-corrected chi connectivity index (χ2v) is 8.87. The molecule has 3 aliphatic heterocycles. The number of hydrogen-bond donors (Lipinski definition) is 1. The molecule has 2 bridgehead atoms. The van der Waals surface area contributed by atoms with Crippen molar-refractivity contribution in [1.82, 2.24) is 10.2 Å². The third-order valence-electron chi connectivity index (χ3n) is 5.44. The van der Waals surface area contributed by atoms with Crippen LogP contribution in [0.5, 0.6) is 0 Å². The first-order valence-corrected chi connectivity index (χ1v) is 9.58. The van der Waals surface area contributed by atoms with Gasteiger partial charge in [-0.2, -0.15) is 0 Å². The second-order valence-electron chi connectivity index (χ2n) is 6.54. The molecule has 2 unspecified atom stereocenters. The summed E-state index contributed by atoms with van der Waals surface area (Å²) in [5, 5.41) is 3.17. The second kappa shape index (κ2) is 4.98. The van der Waals surface area contributed by atoms with Crippen LogP contribution in [0.4, 0.5) is 0 Å². The number of rotatable bonds is 2. The van der Waals surface area contributed by atoms with Crippen molar-refractivity contribution in [1.29, 1.82) is 0 Å². The Balaban J connectivity index is 1.94. The Labute approximate surface area is 121 Å². The highest BCUT2D eigenvalue weighted by molar-refractivity contribution is 7.92. The van der Waals surface area contributed by atoms with E-state index in [0.717, 1.165) is 25.7 Å². The van der Waals surface area contributed by atoms with E-state index in [9.17, 15) is 13.2 Å². The van der Waals surface area contributed by atoms with E-state index in [4.69, 9.17) is 0 Å². The zero-order valence-electron chi connectivity index (χ0n) is 12.1. The van der Waals surface area contributed by atoms with E-state index < -0.39 is 14.6 Å². The Morgan fingerprint density at radius 3 is 2.15 bits per heavy atom. The molecule has 0 aromatic rings. The van der Waals surface area contributed by atoms with Gasteiger partial charge in [0.25, 0.3) is 0 Å². The number of amides is 1. The molecule has 20 heavy (non-hydrogen) atoms. The smallest absolute Gasteiger partial charge is 0.244 e. The van der Waals surface area contributed by atoms with E-state index in [1.165, 1.54) is 12.7 Å². The van der Waals surface area contributed by atoms with Gasteiger partial charge in [-0.25, -0.2) is 8.42 Å². The average Bonchev–Trinajstić information content (AvgIpc) is 2.66. The van der Waals surface area contributed by atoms with Crippen LogP contribution in [-0.2, 0) is 14.6 Å². The van der Waals surface area contributed by atoms with Crippen LogP contribution in [-0.4, -0.2) is 55.4 Å². The van der Waals surface area contributed by atoms with Gasteiger partial charge >= 0.3 is 0 Å². The van der Waals surface area contributed by atoms with Crippen LogP contribution in [0.25, 0.3) is 0 Å². The Hall–Kier alpha value is -0.620. The first-order chi connectivity index (χ1) is 9.46. The number of hydrogen-bond acceptors (Lipinski definition) is 4. The van der Waals surface area contributed by atoms with Gasteiger partial charge in [0.05, 0.1) is 0 Å². The summed E-state index contributed by atoms with van der Waals surface area (Å²) < 4.78 is 23.5. The minimum absolute atomic E-state index is 0.103. The monoisotopic (exact) mass is 300 g/mol. The van der Waals surface area contributed by atoms with E-state index in [-0.39, 0.29) is 18.0 Å². The molecular formula is C14H24N2O3S. The van der Waals surface area contributed by atoms with E-state index in [0.29, 0.717) is 25.9 Å². The van der Waals surface area contributed by atoms with Gasteiger partial charge in [0, 0.05) is 18.3 Å². The molecule has 0 aliphatic carbocycles. The van der Waals surface area contributed by atoms with Crippen LogP contribution in [0.1, 0.15) is 44.9 Å². The molecule has 1 N–H and O–H groups in total. The van der Waals surface area contributed by atoms with E-state index in [2.05, 4.69) is 5.32 Å². The summed E-state index contributed by atoms with van der Waals surface area (Å²) in [5.74, 6) is -0.103. The zero-order chi connectivity index (χ0) is 14.4. The van der Waals surface area contributed by atoms with Crippen LogP contribution in [0, 0.1) is 0 Å². The van der Waals surface area contributed by atoms with Gasteiger partial charge in [-0.3, -0.25) is 4.79 Å². The maximum Gasteiger partial charge on any atom is 0.244 e. The third-order valence-corrected chi connectivity index (χ3v) is 7.44. The first kappa shape index (κ1) is 14.3. The quantitative estimate of drug-likeness (QED) is 0.815. The van der Waals surface area contributed by atoms with Crippen LogP contribution < -0.4 is 5.32 Å². The van der Waals surface area contributed by atoms with Crippen molar-refractivity contribution in [2.45, 2.75) is 61.8 Å². The number of carbonyl (C=O) groups excluding carboxylic acids is 1. The summed E-state index contributed by atoms with van der Waals surface area (Å²) in [6, 6.07) is 0.574. The molecule has 1 amide bonds. The molecule has 3 heterocycles. The van der Waals surface area contributed by atoms with E-state index in [1.54, 1.807) is 0 Å². The molecule has 0 aromatic carbocycles. The summed E-state index contributed by atoms with van der Waals surface area (Å²) in [6.07, 6.45) is 7.43. The minimum atomic E-state index is -3.39. The highest BCUT2D eigenvalue weighted by Gasteiger charge is 2.54. The molecule has 0 spiro atoms. The summed E-state index contributed by atoms with van der Waals surface area (Å²) in [5.41, 5.74) is 0. The minimum Gasteiger partial charge on any atom is -0.335 e. The highest BCUT2D eigenvalue weighted by Crippen LogP contribution is 2.40. The average molecular weight is 300 g/mol. The lowest BCUT2D eigenvalue weighted by atomic mass is 9.92. The Morgan fingerprint density at radius 1 is 1.10 bits per heavy atom. The molecule has 3 aliphatic rings. The fourth-order valence-corrected chi connectivity index (χ4v) is 5.63. The van der Waals surface area contributed by atoms with Crippen molar-refractivity contribution in [3.8, 4) is 0 Å². The van der Waals surface area contributed by atoms with Crippen molar-refractivity contribution in [3.63, 3.8) is 0 Å². The molecule has 3 saturated heterocycles. The van der Waals surface area contributed by atoms with E-state index in [1.807, 2.05) is 4.90 Å². The SMILES string of the molecule is CS(=O)(=O)C1(C(=O)N2C3CCCC2CC3)CCNCC1. The zero-order valence-corrected chi connectivity index (χ0v) is 12.9. The molecule has 3 fully saturated rings. The van der Waals surface area contributed by atoms with Gasteiger partial charge < -0.3 is 10.2 Å². The van der Waals surface area contributed by atoms with Crippen molar-refractivity contribution in [2.75, 3.05) is 19.3 Å². The maximum atomic E-state index is 13.1. The van der Waals surface area contributed by atoms with Crippen LogP contribution >= 0.6 is 0 Å². The van der Waals surface area contributed by atoms with Gasteiger partial charge in [0.15, 0.2) is 14.6 Å². The molecule has 0 aromatic heterocycles. The number of carbonyl (C=O) groups is 1. The first-order valence-electron chi connectivity index (χ1n) is 7.69. The molecule has 5 nitrogen and oxygen atoms in total. The maximum absolute atomic E-state index is 13.1. The Morgan fingerprint density at radius 2 is 1.65 bits per heavy atom. The lowest BCUT2D eigenvalue weighted by molar-refractivity contribution is -0.139. The standard InChI is InChI=1S/C14H24N2O3S/c1-20(18,19)14(7-9-15-10-8-14)13(17)16-11-3-2-4-12(16)6-5-11/h11-12,15H,2-10H2,1H3. The molecule has 3 rings (SSSR count). The summed E-state index contributed by atoms with van der Waals surface area (Å²) >= 11 is 0. The van der Waals surface area contributed by atoms with Crippen molar-refractivity contribution >= 4 is 15.7 Å². The molecule has 0 radical (unpaired) electrons. The molecule has 2 atom stereocenters. The van der Waals surface area contributed by atoms with Gasteiger partial charge in [-0.1, -0.05) is 0 Å². The topological polar surface area (TPSA) is 66.5 Å². The number of nitrogens with zero attached hydrogens (tertiary/aromatic N) is 1. The number of sulfone groups is 1. The van der Waals surface area contributed by atoms with Crippen molar-refractivity contribution < 1.29 is 13.2 Å². The van der Waals surface area contributed by atoms with Gasteiger partial charge in [-0.05, 0) is 58.0 Å². The predicted octanol–water partition coefficient (Wildman–Crippen LogP) is 0.697. The summed E-state index contributed by atoms with van der Waals surface area (Å²) in [7, 11) is -3.39. The highest BCUT2D eigenvalue weighted by atomic mass is 32.2. The van der Waals surface area contributed by atoms with Crippen LogP contribution in [0.2, 0.25) is 0 Å². The van der Waals surface area contributed by atoms with Gasteiger partial charge in [0.2, 0.25) is 5.91 Å². The van der Waals surface area contributed by atoms with Crippen molar-refractivity contribution in [2.24, 2.45) is 0 Å². The molecule has 0 saturated carbocycles. The fourth-order valence-electron chi connectivity index (χ4n) is 4.26. The normalized spacial score (nSPS) is 33.1. The third kappa shape index (κ3) is 2.08. The largest absolute Gasteiger partial charge is 0.335 e. The lowest BCUT2D eigenvalue weighted by Crippen LogP contribution is -2.61. The van der Waals surface area contributed by atoms with Crippen molar-refractivity contribution in [3.05, 3.63) is 0 Å². The van der Waals surface area contributed by atoms with Gasteiger partial charge in [0.1, 0.15) is 0 Å². The molecule has 6 heteroatoms. The number of nitrogens with one attached hydrogen (secondary N) is 1. The summed E-state index contributed by atoms with van der Waals surface area (Å²) in [4.78, 5) is 15.1. The number of piperidine rings is 2. The molecular weight excluding hydrogens is 276 g/mol.